The van der Waals surface area contributed by atoms with Crippen molar-refractivity contribution in [3.05, 3.63) is 29.8 Å². The lowest BCUT2D eigenvalue weighted by molar-refractivity contribution is 0.0916. The molecule has 0 aliphatic carbocycles. The fraction of sp³-hybridized carbons (Fsp3) is 0.588. The molecule has 0 radical (unpaired) electrons. The number of carbonyl (C=O) groups excluding carboxylic acids is 1. The van der Waals surface area contributed by atoms with Crippen molar-refractivity contribution >= 4 is 5.78 Å². The molecule has 2 N–H and O–H groups in total. The molecule has 0 saturated heterocycles. The Balaban J connectivity index is 2.70. The van der Waals surface area contributed by atoms with Gasteiger partial charge in [-0.25, -0.2) is 0 Å². The number of rotatable bonds is 8. The Morgan fingerprint density at radius 2 is 1.80 bits per heavy atom. The van der Waals surface area contributed by atoms with Crippen LogP contribution >= 0.6 is 0 Å². The maximum absolute atomic E-state index is 12.5. The summed E-state index contributed by atoms with van der Waals surface area (Å²) >= 11 is 0. The highest BCUT2D eigenvalue weighted by Crippen LogP contribution is 2.24. The number of carbonyl (C=O) groups is 1. The molecule has 0 aromatic heterocycles. The van der Waals surface area contributed by atoms with E-state index in [0.29, 0.717) is 11.3 Å². The molecule has 2 unspecified atom stereocenters. The van der Waals surface area contributed by atoms with Gasteiger partial charge in [0, 0.05) is 12.0 Å². The topological polar surface area (TPSA) is 52.3 Å². The molecule has 0 aliphatic heterocycles. The highest BCUT2D eigenvalue weighted by molar-refractivity contribution is 6.00. The van der Waals surface area contributed by atoms with Gasteiger partial charge < -0.3 is 10.5 Å². The number of para-hydroxylation sites is 1. The molecule has 1 rings (SSSR count). The first kappa shape index (κ1) is 16.7. The largest absolute Gasteiger partial charge is 0.490 e. The Kier molecular flexibility index (Phi) is 6.73. The van der Waals surface area contributed by atoms with Crippen molar-refractivity contribution in [2.75, 3.05) is 0 Å². The zero-order valence-electron chi connectivity index (χ0n) is 13.1. The summed E-state index contributed by atoms with van der Waals surface area (Å²) in [5, 5.41) is 0. The van der Waals surface area contributed by atoms with Crippen LogP contribution < -0.4 is 10.5 Å². The van der Waals surface area contributed by atoms with E-state index in [9.17, 15) is 4.79 Å². The quantitative estimate of drug-likeness (QED) is 0.735. The van der Waals surface area contributed by atoms with Crippen LogP contribution in [0.5, 0.6) is 5.75 Å². The first-order chi connectivity index (χ1) is 9.41. The van der Waals surface area contributed by atoms with Gasteiger partial charge in [0.25, 0.3) is 0 Å². The van der Waals surface area contributed by atoms with Crippen LogP contribution in [0.3, 0.4) is 0 Å². The second-order valence-electron chi connectivity index (χ2n) is 5.84. The van der Waals surface area contributed by atoms with E-state index < -0.39 is 0 Å². The van der Waals surface area contributed by atoms with E-state index in [4.69, 9.17) is 10.5 Å². The monoisotopic (exact) mass is 277 g/mol. The molecule has 112 valence electrons. The molecular weight excluding hydrogens is 250 g/mol. The van der Waals surface area contributed by atoms with E-state index in [1.807, 2.05) is 52.0 Å². The van der Waals surface area contributed by atoms with Gasteiger partial charge in [-0.3, -0.25) is 4.79 Å². The first-order valence-corrected chi connectivity index (χ1v) is 7.47. The Morgan fingerprint density at radius 1 is 1.15 bits per heavy atom. The molecule has 0 fully saturated rings. The first-order valence-electron chi connectivity index (χ1n) is 7.47. The standard InChI is InChI=1S/C17H27NO2/c1-12(2)20-16-11-6-5-10-15(16)17(19)13(3)8-7-9-14(4)18/h5-6,10-14H,7-9,18H2,1-4H3. The third-order valence-corrected chi connectivity index (χ3v) is 3.26. The number of nitrogens with two attached hydrogens (primary N) is 1. The van der Waals surface area contributed by atoms with Crippen LogP contribution in [0.15, 0.2) is 24.3 Å². The summed E-state index contributed by atoms with van der Waals surface area (Å²) < 4.78 is 5.72. The highest BCUT2D eigenvalue weighted by atomic mass is 16.5. The van der Waals surface area contributed by atoms with Crippen LogP contribution in [0.1, 0.15) is 57.3 Å². The Morgan fingerprint density at radius 3 is 2.40 bits per heavy atom. The van der Waals surface area contributed by atoms with Crippen LogP contribution in [0, 0.1) is 5.92 Å². The molecule has 0 saturated carbocycles. The average Bonchev–Trinajstić information content (AvgIpc) is 2.37. The summed E-state index contributed by atoms with van der Waals surface area (Å²) in [7, 11) is 0. The number of benzene rings is 1. The lowest BCUT2D eigenvalue weighted by atomic mass is 9.93. The van der Waals surface area contributed by atoms with Crippen LogP contribution in [-0.4, -0.2) is 17.9 Å². The summed E-state index contributed by atoms with van der Waals surface area (Å²) in [5.74, 6) is 0.850. The Hall–Kier alpha value is -1.35. The SMILES string of the molecule is CC(N)CCCC(C)C(=O)c1ccccc1OC(C)C. The normalized spacial score (nSPS) is 14.1. The second kappa shape index (κ2) is 8.05. The predicted molar refractivity (Wildman–Crippen MR) is 83.2 cm³/mol. The van der Waals surface area contributed by atoms with Crippen LogP contribution in [0.2, 0.25) is 0 Å². The molecule has 1 aromatic rings. The van der Waals surface area contributed by atoms with E-state index in [0.717, 1.165) is 19.3 Å². The molecule has 0 spiro atoms. The van der Waals surface area contributed by atoms with Crippen molar-refractivity contribution < 1.29 is 9.53 Å². The van der Waals surface area contributed by atoms with Crippen LogP contribution in [0.25, 0.3) is 0 Å². The minimum atomic E-state index is 0.00524. The molecule has 0 aliphatic rings. The Bertz CT molecular complexity index is 427. The number of Topliss-reactive ketones (excluding diaryl/α,β-unsaturated/α-hetero) is 1. The summed E-state index contributed by atoms with van der Waals surface area (Å²) in [6, 6.07) is 7.70. The van der Waals surface area contributed by atoms with Gasteiger partial charge >= 0.3 is 0 Å². The van der Waals surface area contributed by atoms with Gasteiger partial charge in [-0.15, -0.1) is 0 Å². The van der Waals surface area contributed by atoms with Crippen molar-refractivity contribution in [1.82, 2.24) is 0 Å². The number of hydrogen-bond acceptors (Lipinski definition) is 3. The number of ether oxygens (including phenoxy) is 1. The van der Waals surface area contributed by atoms with E-state index in [1.165, 1.54) is 0 Å². The number of hydrogen-bond donors (Lipinski definition) is 1. The predicted octanol–water partition coefficient (Wildman–Crippen LogP) is 3.81. The smallest absolute Gasteiger partial charge is 0.169 e. The Labute approximate surface area is 122 Å². The van der Waals surface area contributed by atoms with E-state index in [1.54, 1.807) is 0 Å². The number of ketones is 1. The third kappa shape index (κ3) is 5.33. The van der Waals surface area contributed by atoms with E-state index in [-0.39, 0.29) is 23.8 Å². The van der Waals surface area contributed by atoms with Crippen molar-refractivity contribution in [3.63, 3.8) is 0 Å². The highest BCUT2D eigenvalue weighted by Gasteiger charge is 2.19. The molecule has 1 aromatic carbocycles. The zero-order valence-corrected chi connectivity index (χ0v) is 13.1. The van der Waals surface area contributed by atoms with Gasteiger partial charge in [0.1, 0.15) is 5.75 Å². The molecule has 3 heteroatoms. The molecule has 0 bridgehead atoms. The van der Waals surface area contributed by atoms with Gasteiger partial charge in [-0.05, 0) is 45.7 Å². The van der Waals surface area contributed by atoms with Crippen LogP contribution in [0.4, 0.5) is 0 Å². The van der Waals surface area contributed by atoms with Gasteiger partial charge in [0.05, 0.1) is 11.7 Å². The fourth-order valence-corrected chi connectivity index (χ4v) is 2.17. The molecule has 3 nitrogen and oxygen atoms in total. The minimum absolute atomic E-state index is 0.00524. The van der Waals surface area contributed by atoms with Crippen molar-refractivity contribution in [2.24, 2.45) is 11.7 Å². The van der Waals surface area contributed by atoms with E-state index >= 15 is 0 Å². The maximum atomic E-state index is 12.5. The summed E-state index contributed by atoms with van der Waals surface area (Å²) in [6.45, 7) is 7.91. The van der Waals surface area contributed by atoms with Crippen LogP contribution in [-0.2, 0) is 0 Å². The molecule has 20 heavy (non-hydrogen) atoms. The molecule has 0 amide bonds. The van der Waals surface area contributed by atoms with Crippen molar-refractivity contribution in [1.29, 1.82) is 0 Å². The fourth-order valence-electron chi connectivity index (χ4n) is 2.17. The lowest BCUT2D eigenvalue weighted by Crippen LogP contribution is -2.17. The van der Waals surface area contributed by atoms with E-state index in [2.05, 4.69) is 0 Å². The molecule has 0 heterocycles. The van der Waals surface area contributed by atoms with Gasteiger partial charge in [0.2, 0.25) is 0 Å². The van der Waals surface area contributed by atoms with Gasteiger partial charge in [-0.2, -0.15) is 0 Å². The molecule has 2 atom stereocenters. The van der Waals surface area contributed by atoms with Crippen molar-refractivity contribution in [3.8, 4) is 5.75 Å². The zero-order chi connectivity index (χ0) is 15.1. The van der Waals surface area contributed by atoms with Gasteiger partial charge in [0.15, 0.2) is 5.78 Å². The third-order valence-electron chi connectivity index (χ3n) is 3.26. The average molecular weight is 277 g/mol. The summed E-state index contributed by atoms with van der Waals surface area (Å²) in [6.07, 6.45) is 2.88. The summed E-state index contributed by atoms with van der Waals surface area (Å²) in [4.78, 5) is 12.5. The summed E-state index contributed by atoms with van der Waals surface area (Å²) in [5.41, 5.74) is 6.43. The maximum Gasteiger partial charge on any atom is 0.169 e. The minimum Gasteiger partial charge on any atom is -0.490 e. The lowest BCUT2D eigenvalue weighted by Gasteiger charge is -2.16. The van der Waals surface area contributed by atoms with Gasteiger partial charge in [-0.1, -0.05) is 25.5 Å². The van der Waals surface area contributed by atoms with Crippen molar-refractivity contribution in [2.45, 2.75) is 59.1 Å². The second-order valence-corrected chi connectivity index (χ2v) is 5.84. The molecular formula is C17H27NO2.